The van der Waals surface area contributed by atoms with Gasteiger partial charge in [-0.1, -0.05) is 6.92 Å². The summed E-state index contributed by atoms with van der Waals surface area (Å²) >= 11 is 0. The summed E-state index contributed by atoms with van der Waals surface area (Å²) in [6, 6.07) is 0. The summed E-state index contributed by atoms with van der Waals surface area (Å²) in [6.45, 7) is 4.01. The van der Waals surface area contributed by atoms with Crippen LogP contribution in [0.3, 0.4) is 0 Å². The molecule has 1 amide bonds. The maximum absolute atomic E-state index is 11.8. The molecule has 1 atom stereocenters. The van der Waals surface area contributed by atoms with Crippen molar-refractivity contribution in [3.05, 3.63) is 0 Å². The van der Waals surface area contributed by atoms with E-state index in [0.29, 0.717) is 13.2 Å². The first-order chi connectivity index (χ1) is 6.75. The van der Waals surface area contributed by atoms with E-state index >= 15 is 0 Å². The number of rotatable bonds is 4. The molecule has 0 aliphatic carbocycles. The van der Waals surface area contributed by atoms with E-state index in [1.165, 1.54) is 5.06 Å². The monoisotopic (exact) mass is 200 g/mol. The zero-order valence-electron chi connectivity index (χ0n) is 8.87. The van der Waals surface area contributed by atoms with Gasteiger partial charge >= 0.3 is 0 Å². The predicted octanol–water partition coefficient (Wildman–Crippen LogP) is 0.915. The molecular formula is C10H20N2O2. The zero-order chi connectivity index (χ0) is 10.4. The van der Waals surface area contributed by atoms with Crippen LogP contribution in [0.2, 0.25) is 0 Å². The minimum absolute atomic E-state index is 0.0386. The normalized spacial score (nSPS) is 19.4. The molecule has 1 aliphatic heterocycles. The number of carbonyl (C=O) groups excluding carboxylic acids is 1. The van der Waals surface area contributed by atoms with Gasteiger partial charge in [0, 0.05) is 12.5 Å². The molecule has 14 heavy (non-hydrogen) atoms. The molecule has 0 radical (unpaired) electrons. The van der Waals surface area contributed by atoms with Crippen LogP contribution in [0.15, 0.2) is 0 Å². The van der Waals surface area contributed by atoms with E-state index in [9.17, 15) is 4.79 Å². The Kier molecular flexibility index (Phi) is 4.90. The Bertz CT molecular complexity index is 179. The minimum Gasteiger partial charge on any atom is -0.330 e. The van der Waals surface area contributed by atoms with Gasteiger partial charge in [0.05, 0.1) is 6.61 Å². The average Bonchev–Trinajstić information content (AvgIpc) is 2.26. The molecule has 82 valence electrons. The topological polar surface area (TPSA) is 55.6 Å². The van der Waals surface area contributed by atoms with E-state index in [-0.39, 0.29) is 11.8 Å². The molecule has 0 aromatic carbocycles. The largest absolute Gasteiger partial charge is 0.330 e. The van der Waals surface area contributed by atoms with Gasteiger partial charge in [0.25, 0.3) is 0 Å². The smallest absolute Gasteiger partial charge is 0.248 e. The molecule has 4 nitrogen and oxygen atoms in total. The number of hydroxylamine groups is 2. The lowest BCUT2D eigenvalue weighted by Crippen LogP contribution is -2.39. The average molecular weight is 200 g/mol. The van der Waals surface area contributed by atoms with Crippen LogP contribution in [0.5, 0.6) is 0 Å². The second-order valence-corrected chi connectivity index (χ2v) is 3.81. The van der Waals surface area contributed by atoms with E-state index < -0.39 is 0 Å². The van der Waals surface area contributed by atoms with Crippen molar-refractivity contribution in [2.24, 2.45) is 11.7 Å². The molecule has 2 N–H and O–H groups in total. The fourth-order valence-corrected chi connectivity index (χ4v) is 1.56. The summed E-state index contributed by atoms with van der Waals surface area (Å²) in [4.78, 5) is 17.1. The molecule has 0 saturated carbocycles. The van der Waals surface area contributed by atoms with Crippen molar-refractivity contribution in [1.29, 1.82) is 0 Å². The quantitative estimate of drug-likeness (QED) is 0.734. The van der Waals surface area contributed by atoms with Crippen molar-refractivity contribution < 1.29 is 9.63 Å². The van der Waals surface area contributed by atoms with Gasteiger partial charge < -0.3 is 5.73 Å². The lowest BCUT2D eigenvalue weighted by Gasteiger charge is -2.28. The Morgan fingerprint density at radius 3 is 2.93 bits per heavy atom. The Morgan fingerprint density at radius 2 is 2.36 bits per heavy atom. The first-order valence-electron chi connectivity index (χ1n) is 5.40. The second kappa shape index (κ2) is 5.98. The van der Waals surface area contributed by atoms with E-state index in [1.54, 1.807) is 0 Å². The van der Waals surface area contributed by atoms with Gasteiger partial charge in [-0.3, -0.25) is 9.63 Å². The third-order valence-corrected chi connectivity index (χ3v) is 2.51. The van der Waals surface area contributed by atoms with Crippen LogP contribution in [-0.4, -0.2) is 30.7 Å². The first kappa shape index (κ1) is 11.5. The highest BCUT2D eigenvalue weighted by molar-refractivity contribution is 5.77. The second-order valence-electron chi connectivity index (χ2n) is 3.81. The van der Waals surface area contributed by atoms with Crippen LogP contribution in [-0.2, 0) is 9.63 Å². The molecule has 0 bridgehead atoms. The highest BCUT2D eigenvalue weighted by atomic mass is 16.7. The Morgan fingerprint density at radius 1 is 1.57 bits per heavy atom. The molecule has 1 rings (SSSR count). The lowest BCUT2D eigenvalue weighted by atomic mass is 10.0. The maximum Gasteiger partial charge on any atom is 0.248 e. The number of hydrogen-bond acceptors (Lipinski definition) is 3. The van der Waals surface area contributed by atoms with E-state index in [0.717, 1.165) is 32.2 Å². The van der Waals surface area contributed by atoms with Crippen LogP contribution >= 0.6 is 0 Å². The van der Waals surface area contributed by atoms with Crippen molar-refractivity contribution in [3.63, 3.8) is 0 Å². The van der Waals surface area contributed by atoms with Crippen molar-refractivity contribution in [1.82, 2.24) is 5.06 Å². The van der Waals surface area contributed by atoms with Gasteiger partial charge in [-0.05, 0) is 32.2 Å². The molecule has 0 aromatic rings. The zero-order valence-corrected chi connectivity index (χ0v) is 8.87. The Balaban J connectivity index is 2.30. The maximum atomic E-state index is 11.8. The number of carbonyl (C=O) groups is 1. The van der Waals surface area contributed by atoms with Gasteiger partial charge in [-0.15, -0.1) is 0 Å². The number of nitrogens with two attached hydrogens (primary N) is 1. The highest BCUT2D eigenvalue weighted by Gasteiger charge is 2.22. The summed E-state index contributed by atoms with van der Waals surface area (Å²) < 4.78 is 0. The Labute approximate surface area is 85.3 Å². The summed E-state index contributed by atoms with van der Waals surface area (Å²) in [5.74, 6) is 0.148. The van der Waals surface area contributed by atoms with Crippen LogP contribution in [0, 0.1) is 5.92 Å². The number of nitrogens with zero attached hydrogens (tertiary/aromatic N) is 1. The van der Waals surface area contributed by atoms with Crippen LogP contribution < -0.4 is 5.73 Å². The molecular weight excluding hydrogens is 180 g/mol. The Hall–Kier alpha value is -0.610. The summed E-state index contributed by atoms with van der Waals surface area (Å²) in [7, 11) is 0. The predicted molar refractivity (Wildman–Crippen MR) is 54.4 cm³/mol. The van der Waals surface area contributed by atoms with Crippen molar-refractivity contribution in [2.45, 2.75) is 32.6 Å². The third-order valence-electron chi connectivity index (χ3n) is 2.51. The molecule has 1 saturated heterocycles. The van der Waals surface area contributed by atoms with Crippen molar-refractivity contribution in [2.75, 3.05) is 19.7 Å². The van der Waals surface area contributed by atoms with Gasteiger partial charge in [0.2, 0.25) is 5.91 Å². The molecule has 1 unspecified atom stereocenters. The van der Waals surface area contributed by atoms with E-state index in [2.05, 4.69) is 0 Å². The standard InChI is InChI=1S/C10H20N2O2/c1-9(5-4-6-11)10(13)12-7-2-3-8-14-12/h9H,2-8,11H2,1H3. The fraction of sp³-hybridized carbons (Fsp3) is 0.900. The van der Waals surface area contributed by atoms with Gasteiger partial charge in [0.15, 0.2) is 0 Å². The number of hydrogen-bond donors (Lipinski definition) is 1. The van der Waals surface area contributed by atoms with Gasteiger partial charge in [-0.2, -0.15) is 0 Å². The molecule has 1 aliphatic rings. The molecule has 4 heteroatoms. The SMILES string of the molecule is CC(CCCN)C(=O)N1CCCCO1. The van der Waals surface area contributed by atoms with Crippen LogP contribution in [0.4, 0.5) is 0 Å². The first-order valence-corrected chi connectivity index (χ1v) is 5.40. The number of amides is 1. The van der Waals surface area contributed by atoms with Crippen molar-refractivity contribution >= 4 is 5.91 Å². The van der Waals surface area contributed by atoms with Crippen LogP contribution in [0.1, 0.15) is 32.6 Å². The molecule has 0 aromatic heterocycles. The summed E-state index contributed by atoms with van der Waals surface area (Å²) in [6.07, 6.45) is 3.87. The van der Waals surface area contributed by atoms with Gasteiger partial charge in [0.1, 0.15) is 0 Å². The summed E-state index contributed by atoms with van der Waals surface area (Å²) in [5.41, 5.74) is 5.40. The third kappa shape index (κ3) is 3.27. The van der Waals surface area contributed by atoms with Crippen LogP contribution in [0.25, 0.3) is 0 Å². The summed E-state index contributed by atoms with van der Waals surface area (Å²) in [5, 5.41) is 1.52. The molecule has 1 heterocycles. The molecule has 0 spiro atoms. The van der Waals surface area contributed by atoms with E-state index in [4.69, 9.17) is 10.6 Å². The lowest BCUT2D eigenvalue weighted by molar-refractivity contribution is -0.201. The fourth-order valence-electron chi connectivity index (χ4n) is 1.56. The van der Waals surface area contributed by atoms with Crippen molar-refractivity contribution in [3.8, 4) is 0 Å². The highest BCUT2D eigenvalue weighted by Crippen LogP contribution is 2.13. The minimum atomic E-state index is 0.0386. The van der Waals surface area contributed by atoms with E-state index in [1.807, 2.05) is 6.92 Å². The molecule has 1 fully saturated rings. The van der Waals surface area contributed by atoms with Gasteiger partial charge in [-0.25, -0.2) is 5.06 Å².